The molecule has 0 unspecified atom stereocenters. The largest absolute Gasteiger partial charge is 0.481 e. The van der Waals surface area contributed by atoms with Crippen LogP contribution in [0.3, 0.4) is 0 Å². The number of fused-ring (bicyclic) bond motifs is 1. The zero-order chi connectivity index (χ0) is 20.1. The summed E-state index contributed by atoms with van der Waals surface area (Å²) in [4.78, 5) is 24.9. The van der Waals surface area contributed by atoms with Crippen LogP contribution in [0.15, 0.2) is 17.8 Å². The molecule has 0 radical (unpaired) electrons. The number of nitro groups is 1. The summed E-state index contributed by atoms with van der Waals surface area (Å²) in [5.74, 6) is 0.212. The van der Waals surface area contributed by atoms with Gasteiger partial charge >= 0.3 is 0 Å². The molecule has 2 heterocycles. The molecule has 1 fully saturated rings. The van der Waals surface area contributed by atoms with Crippen molar-refractivity contribution in [1.82, 2.24) is 9.62 Å². The monoisotopic (exact) mass is 395 g/mol. The third-order valence-electron chi connectivity index (χ3n) is 4.67. The van der Waals surface area contributed by atoms with Gasteiger partial charge in [-0.15, -0.1) is 0 Å². The van der Waals surface area contributed by atoms with Crippen LogP contribution in [0.5, 0.6) is 5.75 Å². The molecule has 1 N–H and O–H groups in total. The molecule has 27 heavy (non-hydrogen) atoms. The van der Waals surface area contributed by atoms with E-state index < -0.39 is 20.5 Å². The van der Waals surface area contributed by atoms with Crippen LogP contribution in [0.2, 0.25) is 0 Å². The number of nitrogens with one attached hydrogen (secondary N) is 1. The maximum atomic E-state index is 12.5. The van der Waals surface area contributed by atoms with Crippen LogP contribution in [0.1, 0.15) is 37.8 Å². The predicted octanol–water partition coefficient (Wildman–Crippen LogP) is 1.91. The number of nitro benzene ring substituents is 1. The summed E-state index contributed by atoms with van der Waals surface area (Å²) < 4.78 is 32.4. The highest BCUT2D eigenvalue weighted by molar-refractivity contribution is 7.88. The van der Waals surface area contributed by atoms with Gasteiger partial charge in [-0.3, -0.25) is 19.6 Å². The quantitative estimate of drug-likeness (QED) is 0.614. The van der Waals surface area contributed by atoms with Crippen LogP contribution in [0.4, 0.5) is 5.69 Å². The maximum Gasteiger partial charge on any atom is 0.273 e. The number of hydrogen-bond donors (Lipinski definition) is 1. The Hall–Kier alpha value is -2.62. The molecule has 1 amide bonds. The molecule has 0 spiro atoms. The normalized spacial score (nSPS) is 19.0. The first kappa shape index (κ1) is 19.2. The zero-order valence-corrected chi connectivity index (χ0v) is 16.3. The predicted molar refractivity (Wildman–Crippen MR) is 98.4 cm³/mol. The van der Waals surface area contributed by atoms with Crippen molar-refractivity contribution in [2.75, 3.05) is 12.8 Å². The number of ether oxygens (including phenoxy) is 1. The van der Waals surface area contributed by atoms with Gasteiger partial charge in [-0.25, -0.2) is 8.42 Å². The van der Waals surface area contributed by atoms with Gasteiger partial charge in [0.15, 0.2) is 0 Å². The summed E-state index contributed by atoms with van der Waals surface area (Å²) >= 11 is 0. The number of hydrogen-bond acceptors (Lipinski definition) is 6. The van der Waals surface area contributed by atoms with Crippen LogP contribution < -0.4 is 9.46 Å². The van der Waals surface area contributed by atoms with E-state index in [1.165, 1.54) is 17.0 Å². The highest BCUT2D eigenvalue weighted by atomic mass is 32.2. The average Bonchev–Trinajstić information content (AvgIpc) is 2.92. The number of benzene rings is 1. The third-order valence-corrected chi connectivity index (χ3v) is 5.24. The van der Waals surface area contributed by atoms with Crippen molar-refractivity contribution in [3.63, 3.8) is 0 Å². The fraction of sp³-hybridized carbons (Fsp3) is 0.471. The third kappa shape index (κ3) is 3.36. The Morgan fingerprint density at radius 2 is 2.00 bits per heavy atom. The van der Waals surface area contributed by atoms with E-state index in [2.05, 4.69) is 4.72 Å². The number of likely N-dealkylation sites (tertiary alicyclic amines) is 1. The standard InChI is InChI=1S/C17H21N3O6S/c1-10-11(20(22)23)7-8-12-14(10)15(19-9-5-6-13(19)21)16(17(2,3)26-12)18-27(4,24)25/h7-8,18H,5-6,9H2,1-4H3. The molecule has 0 aliphatic carbocycles. The molecule has 1 aromatic rings. The number of carbonyl (C=O) groups is 1. The Morgan fingerprint density at radius 3 is 2.52 bits per heavy atom. The molecule has 0 saturated carbocycles. The van der Waals surface area contributed by atoms with E-state index in [1.807, 2.05) is 0 Å². The Balaban J connectivity index is 2.38. The molecule has 146 valence electrons. The highest BCUT2D eigenvalue weighted by Gasteiger charge is 2.42. The Morgan fingerprint density at radius 1 is 1.33 bits per heavy atom. The first-order valence-corrected chi connectivity index (χ1v) is 10.3. The van der Waals surface area contributed by atoms with E-state index in [-0.39, 0.29) is 17.3 Å². The number of rotatable bonds is 4. The number of nitrogens with zero attached hydrogens (tertiary/aromatic N) is 2. The van der Waals surface area contributed by atoms with Crippen molar-refractivity contribution in [2.24, 2.45) is 0 Å². The van der Waals surface area contributed by atoms with Crippen molar-refractivity contribution in [3.8, 4) is 5.75 Å². The smallest absolute Gasteiger partial charge is 0.273 e. The SMILES string of the molecule is Cc1c([N+](=O)[O-])ccc2c1C(N1CCCC1=O)=C(NS(C)(=O)=O)C(C)(C)O2. The first-order valence-electron chi connectivity index (χ1n) is 8.42. The zero-order valence-electron chi connectivity index (χ0n) is 15.5. The average molecular weight is 395 g/mol. The summed E-state index contributed by atoms with van der Waals surface area (Å²) in [6.07, 6.45) is 1.97. The molecule has 2 aliphatic heterocycles. The highest BCUT2D eigenvalue weighted by Crippen LogP contribution is 2.46. The van der Waals surface area contributed by atoms with E-state index in [0.717, 1.165) is 6.26 Å². The molecular weight excluding hydrogens is 374 g/mol. The minimum atomic E-state index is -3.68. The topological polar surface area (TPSA) is 119 Å². The Labute approximate surface area is 157 Å². The lowest BCUT2D eigenvalue weighted by Crippen LogP contribution is -2.46. The summed E-state index contributed by atoms with van der Waals surface area (Å²) in [7, 11) is -3.68. The van der Waals surface area contributed by atoms with Crippen LogP contribution in [-0.2, 0) is 14.8 Å². The Bertz CT molecular complexity index is 981. The van der Waals surface area contributed by atoms with Gasteiger partial charge in [0.2, 0.25) is 15.9 Å². The van der Waals surface area contributed by atoms with E-state index in [4.69, 9.17) is 4.74 Å². The van der Waals surface area contributed by atoms with Crippen LogP contribution in [-0.4, -0.2) is 42.5 Å². The fourth-order valence-corrected chi connectivity index (χ4v) is 4.21. The van der Waals surface area contributed by atoms with Crippen molar-refractivity contribution in [2.45, 2.75) is 39.2 Å². The minimum absolute atomic E-state index is 0.125. The summed E-state index contributed by atoms with van der Waals surface area (Å²) in [5.41, 5.74) is -0.0105. The molecule has 3 rings (SSSR count). The van der Waals surface area contributed by atoms with Gasteiger partial charge in [-0.2, -0.15) is 0 Å². The van der Waals surface area contributed by atoms with E-state index >= 15 is 0 Å². The maximum absolute atomic E-state index is 12.5. The first-order chi connectivity index (χ1) is 12.4. The Kier molecular flexibility index (Phi) is 4.41. The van der Waals surface area contributed by atoms with Gasteiger partial charge < -0.3 is 9.64 Å². The molecular formula is C17H21N3O6S. The second-order valence-corrected chi connectivity index (χ2v) is 8.95. The number of sulfonamides is 1. The molecule has 10 heteroatoms. The van der Waals surface area contributed by atoms with E-state index in [1.54, 1.807) is 20.8 Å². The number of amides is 1. The lowest BCUT2D eigenvalue weighted by molar-refractivity contribution is -0.385. The van der Waals surface area contributed by atoms with Gasteiger partial charge in [0.05, 0.1) is 28.1 Å². The van der Waals surface area contributed by atoms with Gasteiger partial charge in [0.25, 0.3) is 5.69 Å². The fourth-order valence-electron chi connectivity index (χ4n) is 3.50. The lowest BCUT2D eigenvalue weighted by Gasteiger charge is -2.39. The molecule has 9 nitrogen and oxygen atoms in total. The van der Waals surface area contributed by atoms with Gasteiger partial charge in [0.1, 0.15) is 11.4 Å². The summed E-state index contributed by atoms with van der Waals surface area (Å²) in [6.45, 7) is 5.33. The second-order valence-electron chi connectivity index (χ2n) is 7.20. The van der Waals surface area contributed by atoms with Crippen LogP contribution in [0.25, 0.3) is 5.70 Å². The van der Waals surface area contributed by atoms with Crippen molar-refractivity contribution in [3.05, 3.63) is 39.1 Å². The van der Waals surface area contributed by atoms with Crippen LogP contribution >= 0.6 is 0 Å². The summed E-state index contributed by atoms with van der Waals surface area (Å²) in [6, 6.07) is 2.84. The summed E-state index contributed by atoms with van der Waals surface area (Å²) in [5, 5.41) is 11.4. The molecule has 1 saturated heterocycles. The number of carbonyl (C=O) groups excluding carboxylic acids is 1. The minimum Gasteiger partial charge on any atom is -0.481 e. The van der Waals surface area contributed by atoms with Gasteiger partial charge in [-0.1, -0.05) is 0 Å². The van der Waals surface area contributed by atoms with Crippen molar-refractivity contribution < 1.29 is 22.9 Å². The van der Waals surface area contributed by atoms with E-state index in [0.29, 0.717) is 42.0 Å². The van der Waals surface area contributed by atoms with Gasteiger partial charge in [-0.05, 0) is 33.3 Å². The molecule has 0 aromatic heterocycles. The molecule has 0 bridgehead atoms. The van der Waals surface area contributed by atoms with Gasteiger partial charge in [0, 0.05) is 24.6 Å². The van der Waals surface area contributed by atoms with Crippen molar-refractivity contribution >= 4 is 27.3 Å². The van der Waals surface area contributed by atoms with E-state index in [9.17, 15) is 23.3 Å². The molecule has 2 aliphatic rings. The second kappa shape index (κ2) is 6.22. The van der Waals surface area contributed by atoms with Crippen LogP contribution in [0, 0.1) is 17.0 Å². The molecule has 1 aromatic carbocycles. The molecule has 0 atom stereocenters. The van der Waals surface area contributed by atoms with Crippen molar-refractivity contribution in [1.29, 1.82) is 0 Å². The lowest BCUT2D eigenvalue weighted by atomic mass is 9.91.